The standard InChI is InChI=1S/C9H11NO3S/c1-6(9(11)12)14-8-7(13-2)4-3-5-10-8/h3-6H,1-2H3,(H,11,12). The van der Waals surface area contributed by atoms with Gasteiger partial charge in [-0.2, -0.15) is 0 Å². The number of carboxylic acids is 1. The molecule has 0 bridgehead atoms. The van der Waals surface area contributed by atoms with E-state index in [1.807, 2.05) is 0 Å². The highest BCUT2D eigenvalue weighted by atomic mass is 32.2. The normalized spacial score (nSPS) is 12.1. The molecule has 0 aliphatic rings. The lowest BCUT2D eigenvalue weighted by molar-refractivity contribution is -0.136. The summed E-state index contributed by atoms with van der Waals surface area (Å²) in [5.74, 6) is -0.256. The Morgan fingerprint density at radius 3 is 3.00 bits per heavy atom. The maximum Gasteiger partial charge on any atom is 0.316 e. The Labute approximate surface area is 86.3 Å². The van der Waals surface area contributed by atoms with Crippen molar-refractivity contribution in [3.05, 3.63) is 18.3 Å². The fraction of sp³-hybridized carbons (Fsp3) is 0.333. The first kappa shape index (κ1) is 10.8. The van der Waals surface area contributed by atoms with Gasteiger partial charge in [-0.05, 0) is 19.1 Å². The molecular formula is C9H11NO3S. The maximum atomic E-state index is 10.6. The third-order valence-corrected chi connectivity index (χ3v) is 2.68. The summed E-state index contributed by atoms with van der Waals surface area (Å²) in [5, 5.41) is 8.79. The third-order valence-electron chi connectivity index (χ3n) is 1.59. The average molecular weight is 213 g/mol. The molecule has 1 aromatic rings. The van der Waals surface area contributed by atoms with E-state index in [1.54, 1.807) is 25.3 Å². The van der Waals surface area contributed by atoms with Crippen LogP contribution in [0.4, 0.5) is 0 Å². The summed E-state index contributed by atoms with van der Waals surface area (Å²) < 4.78 is 5.05. The highest BCUT2D eigenvalue weighted by Gasteiger charge is 2.15. The van der Waals surface area contributed by atoms with Crippen LogP contribution in [-0.2, 0) is 4.79 Å². The molecule has 0 radical (unpaired) electrons. The predicted octanol–water partition coefficient (Wildman–Crippen LogP) is 1.66. The van der Waals surface area contributed by atoms with Crippen molar-refractivity contribution in [2.45, 2.75) is 17.2 Å². The van der Waals surface area contributed by atoms with Crippen LogP contribution in [0.15, 0.2) is 23.4 Å². The number of thioether (sulfide) groups is 1. The Morgan fingerprint density at radius 1 is 1.71 bits per heavy atom. The summed E-state index contributed by atoms with van der Waals surface area (Å²) in [6.07, 6.45) is 1.61. The van der Waals surface area contributed by atoms with Gasteiger partial charge in [0, 0.05) is 6.20 Å². The first-order valence-electron chi connectivity index (χ1n) is 4.03. The molecule has 0 aliphatic heterocycles. The number of carboxylic acid groups (broad SMARTS) is 1. The Kier molecular flexibility index (Phi) is 3.76. The second kappa shape index (κ2) is 4.85. The van der Waals surface area contributed by atoms with Gasteiger partial charge in [-0.1, -0.05) is 11.8 Å². The fourth-order valence-corrected chi connectivity index (χ4v) is 1.66. The SMILES string of the molecule is COc1cccnc1SC(C)C(=O)O. The average Bonchev–Trinajstić information content (AvgIpc) is 2.18. The van der Waals surface area contributed by atoms with E-state index in [0.717, 1.165) is 0 Å². The molecule has 76 valence electrons. The predicted molar refractivity (Wildman–Crippen MR) is 53.7 cm³/mol. The number of methoxy groups -OCH3 is 1. The maximum absolute atomic E-state index is 10.6. The molecule has 1 rings (SSSR count). The largest absolute Gasteiger partial charge is 0.494 e. The molecule has 5 heteroatoms. The zero-order valence-electron chi connectivity index (χ0n) is 7.93. The summed E-state index contributed by atoms with van der Waals surface area (Å²) in [7, 11) is 1.53. The molecule has 0 spiro atoms. The highest BCUT2D eigenvalue weighted by molar-refractivity contribution is 8.00. The zero-order chi connectivity index (χ0) is 10.6. The van der Waals surface area contributed by atoms with Gasteiger partial charge < -0.3 is 9.84 Å². The number of hydrogen-bond donors (Lipinski definition) is 1. The molecule has 0 aliphatic carbocycles. The summed E-state index contributed by atoms with van der Waals surface area (Å²) >= 11 is 1.17. The Hall–Kier alpha value is -1.23. The minimum Gasteiger partial charge on any atom is -0.494 e. The van der Waals surface area contributed by atoms with Crippen molar-refractivity contribution >= 4 is 17.7 Å². The molecule has 0 amide bonds. The van der Waals surface area contributed by atoms with Crippen LogP contribution in [0.25, 0.3) is 0 Å². The number of nitrogens with zero attached hydrogens (tertiary/aromatic N) is 1. The van der Waals surface area contributed by atoms with Crippen molar-refractivity contribution in [1.82, 2.24) is 4.98 Å². The number of ether oxygens (including phenoxy) is 1. The van der Waals surface area contributed by atoms with Crippen LogP contribution in [0, 0.1) is 0 Å². The Morgan fingerprint density at radius 2 is 2.43 bits per heavy atom. The van der Waals surface area contributed by atoms with E-state index in [1.165, 1.54) is 18.9 Å². The first-order valence-corrected chi connectivity index (χ1v) is 4.91. The topological polar surface area (TPSA) is 59.4 Å². The van der Waals surface area contributed by atoms with E-state index in [2.05, 4.69) is 4.98 Å². The lowest BCUT2D eigenvalue weighted by Gasteiger charge is -2.08. The minimum atomic E-state index is -0.859. The lowest BCUT2D eigenvalue weighted by atomic mass is 10.5. The second-order valence-electron chi connectivity index (χ2n) is 2.61. The van der Waals surface area contributed by atoms with Crippen LogP contribution in [0.2, 0.25) is 0 Å². The van der Waals surface area contributed by atoms with E-state index in [9.17, 15) is 4.79 Å². The number of aromatic nitrogens is 1. The lowest BCUT2D eigenvalue weighted by Crippen LogP contribution is -2.11. The van der Waals surface area contributed by atoms with E-state index in [-0.39, 0.29) is 0 Å². The number of pyridine rings is 1. The van der Waals surface area contributed by atoms with Crippen molar-refractivity contribution in [2.75, 3.05) is 7.11 Å². The van der Waals surface area contributed by atoms with Gasteiger partial charge in [0.05, 0.1) is 7.11 Å². The summed E-state index contributed by atoms with van der Waals surface area (Å²) in [4.78, 5) is 14.7. The van der Waals surface area contributed by atoms with Gasteiger partial charge >= 0.3 is 5.97 Å². The number of aliphatic carboxylic acids is 1. The molecule has 0 fully saturated rings. The first-order chi connectivity index (χ1) is 6.65. The van der Waals surface area contributed by atoms with Gasteiger partial charge in [-0.25, -0.2) is 4.98 Å². The van der Waals surface area contributed by atoms with Crippen LogP contribution in [-0.4, -0.2) is 28.4 Å². The van der Waals surface area contributed by atoms with E-state index >= 15 is 0 Å². The molecular weight excluding hydrogens is 202 g/mol. The van der Waals surface area contributed by atoms with E-state index < -0.39 is 11.2 Å². The van der Waals surface area contributed by atoms with Gasteiger partial charge in [0.25, 0.3) is 0 Å². The molecule has 4 nitrogen and oxygen atoms in total. The molecule has 1 aromatic heterocycles. The minimum absolute atomic E-state index is 0.529. The highest BCUT2D eigenvalue weighted by Crippen LogP contribution is 2.29. The van der Waals surface area contributed by atoms with Gasteiger partial charge in [0.1, 0.15) is 10.3 Å². The monoisotopic (exact) mass is 213 g/mol. The van der Waals surface area contributed by atoms with Crippen LogP contribution in [0.1, 0.15) is 6.92 Å². The number of rotatable bonds is 4. The molecule has 1 unspecified atom stereocenters. The fourth-order valence-electron chi connectivity index (χ4n) is 0.838. The summed E-state index contributed by atoms with van der Waals surface area (Å²) in [6.45, 7) is 1.61. The quantitative estimate of drug-likeness (QED) is 0.771. The Balaban J connectivity index is 2.80. The molecule has 0 saturated carbocycles. The van der Waals surface area contributed by atoms with Crippen molar-refractivity contribution in [3.63, 3.8) is 0 Å². The molecule has 0 aromatic carbocycles. The molecule has 1 N–H and O–H groups in total. The Bertz CT molecular complexity index is 330. The number of hydrogen-bond acceptors (Lipinski definition) is 4. The van der Waals surface area contributed by atoms with Crippen LogP contribution < -0.4 is 4.74 Å². The second-order valence-corrected chi connectivity index (χ2v) is 3.94. The molecule has 0 saturated heterocycles. The molecule has 1 atom stereocenters. The van der Waals surface area contributed by atoms with Crippen LogP contribution in [0.5, 0.6) is 5.75 Å². The summed E-state index contributed by atoms with van der Waals surface area (Å²) in [5.41, 5.74) is 0. The van der Waals surface area contributed by atoms with E-state index in [4.69, 9.17) is 9.84 Å². The summed E-state index contributed by atoms with van der Waals surface area (Å²) in [6, 6.07) is 3.50. The van der Waals surface area contributed by atoms with Crippen LogP contribution in [0.3, 0.4) is 0 Å². The van der Waals surface area contributed by atoms with Gasteiger partial charge in [0.15, 0.2) is 5.75 Å². The third kappa shape index (κ3) is 2.63. The van der Waals surface area contributed by atoms with Crippen molar-refractivity contribution < 1.29 is 14.6 Å². The number of carbonyl (C=O) groups is 1. The smallest absolute Gasteiger partial charge is 0.316 e. The van der Waals surface area contributed by atoms with Crippen LogP contribution >= 0.6 is 11.8 Å². The van der Waals surface area contributed by atoms with Crippen molar-refractivity contribution in [2.24, 2.45) is 0 Å². The van der Waals surface area contributed by atoms with E-state index in [0.29, 0.717) is 10.8 Å². The van der Waals surface area contributed by atoms with Gasteiger partial charge in [-0.3, -0.25) is 4.79 Å². The molecule has 1 heterocycles. The van der Waals surface area contributed by atoms with Gasteiger partial charge in [-0.15, -0.1) is 0 Å². The van der Waals surface area contributed by atoms with Crippen molar-refractivity contribution in [3.8, 4) is 5.75 Å². The van der Waals surface area contributed by atoms with Crippen molar-refractivity contribution in [1.29, 1.82) is 0 Å². The van der Waals surface area contributed by atoms with Gasteiger partial charge in [0.2, 0.25) is 0 Å². The molecule has 14 heavy (non-hydrogen) atoms. The zero-order valence-corrected chi connectivity index (χ0v) is 8.75.